The molecule has 2 heterocycles. The minimum Gasteiger partial charge on any atom is -0.460 e. The number of hydrogen-bond acceptors (Lipinski definition) is 6. The minimum absolute atomic E-state index is 0.228. The van der Waals surface area contributed by atoms with Crippen molar-refractivity contribution in [3.8, 4) is 0 Å². The van der Waals surface area contributed by atoms with Crippen LogP contribution in [0.15, 0.2) is 29.6 Å². The van der Waals surface area contributed by atoms with Gasteiger partial charge in [0.05, 0.1) is 8.47 Å². The predicted molar refractivity (Wildman–Crippen MR) is 71.2 cm³/mol. The number of ether oxygens (including phenoxy) is 1. The lowest BCUT2D eigenvalue weighted by atomic mass is 10.7. The number of carbonyl (C=O) groups is 1. The van der Waals surface area contributed by atoms with E-state index in [1.165, 1.54) is 15.4 Å². The van der Waals surface area contributed by atoms with Crippen LogP contribution in [0.4, 0.5) is 0 Å². The average Bonchev–Trinajstić information content (AvgIpc) is 2.85. The number of esters is 1. The van der Waals surface area contributed by atoms with E-state index in [-0.39, 0.29) is 5.97 Å². The fraction of sp³-hybridized carbons (Fsp3) is 0.222. The van der Waals surface area contributed by atoms with Gasteiger partial charge >= 0.3 is 5.97 Å². The predicted octanol–water partition coefficient (Wildman–Crippen LogP) is 3.95. The Morgan fingerprint density at radius 3 is 2.67 bits per heavy atom. The van der Waals surface area contributed by atoms with Crippen LogP contribution in [0.3, 0.4) is 0 Å². The van der Waals surface area contributed by atoms with E-state index in [1.54, 1.807) is 47.0 Å². The van der Waals surface area contributed by atoms with E-state index in [4.69, 9.17) is 4.74 Å². The molecule has 0 saturated carbocycles. The first-order valence-electron chi connectivity index (χ1n) is 4.15. The van der Waals surface area contributed by atoms with Gasteiger partial charge in [0.2, 0.25) is 0 Å². The van der Waals surface area contributed by atoms with Crippen molar-refractivity contribution in [3.05, 3.63) is 29.6 Å². The maximum atomic E-state index is 10.6. The topological polar surface area (TPSA) is 26.3 Å². The summed E-state index contributed by atoms with van der Waals surface area (Å²) in [6.45, 7) is 1.83. The Bertz CT molecular complexity index is 360. The van der Waals surface area contributed by atoms with Crippen LogP contribution in [0.2, 0.25) is 0 Å². The molecule has 2 nitrogen and oxygen atoms in total. The molecule has 2 rings (SSSR count). The van der Waals surface area contributed by atoms with Crippen molar-refractivity contribution in [1.29, 1.82) is 0 Å². The van der Waals surface area contributed by atoms with Crippen LogP contribution in [0.25, 0.3) is 0 Å². The van der Waals surface area contributed by atoms with Crippen LogP contribution < -0.4 is 0 Å². The Balaban J connectivity index is 1.88. The van der Waals surface area contributed by atoms with Gasteiger partial charge in [-0.2, -0.15) is 0 Å². The Hall–Kier alpha value is 0.0900. The van der Waals surface area contributed by atoms with Gasteiger partial charge in [-0.25, -0.2) is 0 Å². The maximum Gasteiger partial charge on any atom is 0.302 e. The third-order valence-corrected chi connectivity index (χ3v) is 6.55. The summed E-state index contributed by atoms with van der Waals surface area (Å²) < 4.78 is 7.55. The molecule has 0 saturated heterocycles. The van der Waals surface area contributed by atoms with E-state index < -0.39 is 0 Å². The van der Waals surface area contributed by atoms with Crippen LogP contribution in [0.1, 0.15) is 6.92 Å². The van der Waals surface area contributed by atoms with Gasteiger partial charge in [0.15, 0.2) is 0 Å². The molecule has 0 aromatic heterocycles. The van der Waals surface area contributed by atoms with E-state index in [0.29, 0.717) is 6.61 Å². The standard InChI is InChI=1S/C9H8O2S4/c1-6(10)11-4-7-5-14-9(15-7)8-12-2-3-13-8/h2-3,5H,4H2,1H3. The molecule has 0 unspecified atom stereocenters. The normalized spacial score (nSPS) is 19.7. The first-order chi connectivity index (χ1) is 7.25. The monoisotopic (exact) mass is 276 g/mol. The van der Waals surface area contributed by atoms with E-state index in [0.717, 1.165) is 4.91 Å². The van der Waals surface area contributed by atoms with E-state index in [1.807, 2.05) is 0 Å². The van der Waals surface area contributed by atoms with Gasteiger partial charge in [0.25, 0.3) is 0 Å². The van der Waals surface area contributed by atoms with E-state index >= 15 is 0 Å². The molecule has 0 spiro atoms. The van der Waals surface area contributed by atoms with Crippen molar-refractivity contribution in [3.63, 3.8) is 0 Å². The number of hydrogen-bond donors (Lipinski definition) is 0. The van der Waals surface area contributed by atoms with Gasteiger partial charge in [-0.05, 0) is 16.2 Å². The van der Waals surface area contributed by atoms with Gasteiger partial charge < -0.3 is 4.74 Å². The molecule has 0 bridgehead atoms. The first-order valence-corrected chi connectivity index (χ1v) is 7.61. The second-order valence-electron chi connectivity index (χ2n) is 2.67. The van der Waals surface area contributed by atoms with Crippen LogP contribution >= 0.6 is 47.0 Å². The molecule has 80 valence electrons. The molecule has 0 N–H and O–H groups in total. The molecule has 2 aliphatic heterocycles. The zero-order chi connectivity index (χ0) is 10.7. The van der Waals surface area contributed by atoms with Crippen molar-refractivity contribution < 1.29 is 9.53 Å². The zero-order valence-electron chi connectivity index (χ0n) is 7.89. The molecular formula is C9H8O2S4. The highest BCUT2D eigenvalue weighted by atomic mass is 32.2. The largest absolute Gasteiger partial charge is 0.460 e. The summed E-state index contributed by atoms with van der Waals surface area (Å²) in [4.78, 5) is 11.7. The summed E-state index contributed by atoms with van der Waals surface area (Å²) in [5, 5.41) is 6.21. The average molecular weight is 276 g/mol. The molecule has 0 aromatic carbocycles. The van der Waals surface area contributed by atoms with Gasteiger partial charge in [0.1, 0.15) is 6.61 Å². The lowest BCUT2D eigenvalue weighted by Gasteiger charge is -2.02. The Labute approximate surface area is 105 Å². The van der Waals surface area contributed by atoms with E-state index in [2.05, 4.69) is 16.2 Å². The van der Waals surface area contributed by atoms with Gasteiger partial charge in [-0.3, -0.25) is 4.79 Å². The summed E-state index contributed by atoms with van der Waals surface area (Å²) >= 11 is 6.89. The number of rotatable bonds is 2. The zero-order valence-corrected chi connectivity index (χ0v) is 11.2. The van der Waals surface area contributed by atoms with Crippen molar-refractivity contribution in [1.82, 2.24) is 0 Å². The summed E-state index contributed by atoms with van der Waals surface area (Å²) in [5.41, 5.74) is 0. The molecular weight excluding hydrogens is 268 g/mol. The second-order valence-corrected chi connectivity index (χ2v) is 7.03. The summed E-state index contributed by atoms with van der Waals surface area (Å²) in [6, 6.07) is 0. The third-order valence-electron chi connectivity index (χ3n) is 1.51. The lowest BCUT2D eigenvalue weighted by Crippen LogP contribution is -2.00. The van der Waals surface area contributed by atoms with Gasteiger partial charge in [0, 0.05) is 11.8 Å². The fourth-order valence-electron chi connectivity index (χ4n) is 0.916. The molecule has 2 aliphatic rings. The molecule has 6 heteroatoms. The highest BCUT2D eigenvalue weighted by Crippen LogP contribution is 2.52. The second kappa shape index (κ2) is 5.43. The van der Waals surface area contributed by atoms with Crippen LogP contribution in [0.5, 0.6) is 0 Å². The molecule has 0 fully saturated rings. The molecule has 0 amide bonds. The van der Waals surface area contributed by atoms with Crippen molar-refractivity contribution in [2.75, 3.05) is 6.61 Å². The third kappa shape index (κ3) is 3.27. The fourth-order valence-corrected chi connectivity index (χ4v) is 5.31. The van der Waals surface area contributed by atoms with Gasteiger partial charge in [-0.1, -0.05) is 47.0 Å². The maximum absolute atomic E-state index is 10.6. The van der Waals surface area contributed by atoms with Crippen molar-refractivity contribution in [2.24, 2.45) is 0 Å². The molecule has 15 heavy (non-hydrogen) atoms. The molecule has 0 atom stereocenters. The highest BCUT2D eigenvalue weighted by Gasteiger charge is 2.18. The summed E-state index contributed by atoms with van der Waals surface area (Å²) in [7, 11) is 0. The summed E-state index contributed by atoms with van der Waals surface area (Å²) in [6.07, 6.45) is 0. The molecule has 0 aromatic rings. The minimum atomic E-state index is -0.228. The highest BCUT2D eigenvalue weighted by molar-refractivity contribution is 8.33. The quantitative estimate of drug-likeness (QED) is 0.709. The summed E-state index contributed by atoms with van der Waals surface area (Å²) in [5.74, 6) is -0.228. The molecule has 0 radical (unpaired) electrons. The number of carbonyl (C=O) groups excluding carboxylic acids is 1. The van der Waals surface area contributed by atoms with Crippen molar-refractivity contribution >= 4 is 53.0 Å². The van der Waals surface area contributed by atoms with Crippen LogP contribution in [-0.4, -0.2) is 12.6 Å². The number of thioether (sulfide) groups is 4. The Morgan fingerprint density at radius 2 is 2.00 bits per heavy atom. The Kier molecular flexibility index (Phi) is 4.19. The first kappa shape index (κ1) is 11.6. The Morgan fingerprint density at radius 1 is 1.27 bits per heavy atom. The van der Waals surface area contributed by atoms with Gasteiger partial charge in [-0.15, -0.1) is 0 Å². The van der Waals surface area contributed by atoms with Crippen molar-refractivity contribution in [2.45, 2.75) is 6.92 Å². The SMILES string of the molecule is CC(=O)OCC1=CSC(=C2SC=CS2)S1. The van der Waals surface area contributed by atoms with Crippen LogP contribution in [0, 0.1) is 0 Å². The molecule has 0 aliphatic carbocycles. The lowest BCUT2D eigenvalue weighted by molar-refractivity contribution is -0.139. The van der Waals surface area contributed by atoms with Crippen LogP contribution in [-0.2, 0) is 9.53 Å². The smallest absolute Gasteiger partial charge is 0.302 e. The van der Waals surface area contributed by atoms with E-state index in [9.17, 15) is 4.79 Å².